The van der Waals surface area contributed by atoms with Gasteiger partial charge in [-0.3, -0.25) is 0 Å². The number of aryl methyl sites for hydroxylation is 2. The Labute approximate surface area is 271 Å². The van der Waals surface area contributed by atoms with Crippen LogP contribution in [0.4, 0.5) is 0 Å². The summed E-state index contributed by atoms with van der Waals surface area (Å²) in [6.07, 6.45) is 16.3. The second kappa shape index (κ2) is 20.2. The first-order valence-corrected chi connectivity index (χ1v) is 16.1. The van der Waals surface area contributed by atoms with Crippen molar-refractivity contribution in [3.8, 4) is 23.0 Å². The van der Waals surface area contributed by atoms with E-state index in [9.17, 15) is 30.3 Å². The largest absolute Gasteiger partial charge is 0.508 e. The molecule has 0 saturated heterocycles. The third-order valence-electron chi connectivity index (χ3n) is 7.49. The van der Waals surface area contributed by atoms with E-state index in [1.54, 1.807) is 12.1 Å². The summed E-state index contributed by atoms with van der Waals surface area (Å²) in [5.74, 6) is -1.13. The number of aromatic carboxylic acids is 1. The molecule has 0 fully saturated rings. The first-order chi connectivity index (χ1) is 21.2. The van der Waals surface area contributed by atoms with Crippen LogP contribution in [0.3, 0.4) is 0 Å². The monoisotopic (exact) mass is 620 g/mol. The number of phenolic OH excluding ortho intramolecular Hbond substituents is 3. The maximum atomic E-state index is 11.5. The van der Waals surface area contributed by atoms with Crippen molar-refractivity contribution in [3.63, 3.8) is 0 Å². The standard InChI is InChI=1S/C20H28O4.C19H28O2/c1-5-7-15-12-17(21)16(19(22)18(15)20(23)24)11-10-14(4)9-6-8-13(2)3;1-5-7-16-12-18(20)17(19(21)13-16)11-10-15(4)9-6-8-14(2)3/h8,10,12,21-22H,5-7,9,11H2,1-4H3,(H,23,24);8,10,12-13,20-21H,5-7,9,11H2,1-4H3/b14-10+;15-10+. The first-order valence-electron chi connectivity index (χ1n) is 16.1. The number of carboxylic acids is 1. The summed E-state index contributed by atoms with van der Waals surface area (Å²) in [5, 5.41) is 50.0. The molecule has 45 heavy (non-hydrogen) atoms. The van der Waals surface area contributed by atoms with E-state index in [4.69, 9.17) is 0 Å². The Morgan fingerprint density at radius 2 is 1.09 bits per heavy atom. The van der Waals surface area contributed by atoms with Gasteiger partial charge in [0.2, 0.25) is 0 Å². The number of rotatable bonds is 15. The molecule has 2 aromatic carbocycles. The molecule has 0 aliphatic carbocycles. The molecule has 0 atom stereocenters. The quantitative estimate of drug-likeness (QED) is 0.126. The van der Waals surface area contributed by atoms with Crippen LogP contribution in [0, 0.1) is 0 Å². The Kier molecular flexibility index (Phi) is 17.5. The molecule has 0 bridgehead atoms. The van der Waals surface area contributed by atoms with E-state index in [1.807, 2.05) is 19.9 Å². The summed E-state index contributed by atoms with van der Waals surface area (Å²) in [5.41, 5.74) is 7.28. The Morgan fingerprint density at radius 1 is 0.644 bits per heavy atom. The van der Waals surface area contributed by atoms with Crippen LogP contribution in [0.5, 0.6) is 23.0 Å². The maximum absolute atomic E-state index is 11.5. The molecule has 6 nitrogen and oxygen atoms in total. The molecule has 0 unspecified atom stereocenters. The van der Waals surface area contributed by atoms with Gasteiger partial charge in [-0.05, 0) is 122 Å². The van der Waals surface area contributed by atoms with Crippen LogP contribution in [0.2, 0.25) is 0 Å². The average molecular weight is 621 g/mol. The van der Waals surface area contributed by atoms with E-state index in [2.05, 4.69) is 59.8 Å². The molecule has 2 aromatic rings. The Balaban J connectivity index is 0.000000454. The maximum Gasteiger partial charge on any atom is 0.339 e. The van der Waals surface area contributed by atoms with Gasteiger partial charge in [-0.25, -0.2) is 4.79 Å². The predicted octanol–water partition coefficient (Wildman–Crippen LogP) is 10.3. The van der Waals surface area contributed by atoms with Crippen LogP contribution in [0.25, 0.3) is 0 Å². The summed E-state index contributed by atoms with van der Waals surface area (Å²) < 4.78 is 0. The van der Waals surface area contributed by atoms with Crippen molar-refractivity contribution in [2.45, 2.75) is 120 Å². The van der Waals surface area contributed by atoms with E-state index in [0.29, 0.717) is 30.4 Å². The highest BCUT2D eigenvalue weighted by Gasteiger charge is 2.21. The van der Waals surface area contributed by atoms with Gasteiger partial charge in [-0.1, -0.05) is 73.3 Å². The minimum absolute atomic E-state index is 0.0469. The fourth-order valence-corrected chi connectivity index (χ4v) is 4.93. The Bertz CT molecular complexity index is 1360. The van der Waals surface area contributed by atoms with Crippen LogP contribution in [0.1, 0.15) is 127 Å². The molecule has 0 saturated carbocycles. The molecule has 248 valence electrons. The van der Waals surface area contributed by atoms with Crippen molar-refractivity contribution < 1.29 is 30.3 Å². The molecular formula is C39H56O6. The van der Waals surface area contributed by atoms with E-state index in [0.717, 1.165) is 56.1 Å². The predicted molar refractivity (Wildman–Crippen MR) is 187 cm³/mol. The average Bonchev–Trinajstić information content (AvgIpc) is 2.92. The Hall–Kier alpha value is -3.93. The summed E-state index contributed by atoms with van der Waals surface area (Å²) in [4.78, 5) is 11.5. The van der Waals surface area contributed by atoms with Crippen LogP contribution in [-0.2, 0) is 25.7 Å². The lowest BCUT2D eigenvalue weighted by atomic mass is 9.95. The zero-order valence-electron chi connectivity index (χ0n) is 28.8. The van der Waals surface area contributed by atoms with Crippen molar-refractivity contribution in [2.24, 2.45) is 0 Å². The SMILES string of the molecule is CCCc1cc(O)c(C/C=C(\C)CCC=C(C)C)c(O)c1.CCCc1cc(O)c(C/C=C(\C)CCC=C(C)C)c(O)c1C(=O)O. The molecule has 0 aliphatic rings. The molecule has 2 rings (SSSR count). The van der Waals surface area contributed by atoms with Gasteiger partial charge in [0, 0.05) is 11.1 Å². The molecule has 5 N–H and O–H groups in total. The first kappa shape index (κ1) is 39.1. The zero-order valence-corrected chi connectivity index (χ0v) is 28.8. The van der Waals surface area contributed by atoms with Crippen molar-refractivity contribution in [3.05, 3.63) is 92.6 Å². The lowest BCUT2D eigenvalue weighted by Crippen LogP contribution is -2.05. The van der Waals surface area contributed by atoms with Gasteiger partial charge in [0.25, 0.3) is 0 Å². The van der Waals surface area contributed by atoms with Gasteiger partial charge >= 0.3 is 5.97 Å². The van der Waals surface area contributed by atoms with Crippen molar-refractivity contribution in [1.29, 1.82) is 0 Å². The van der Waals surface area contributed by atoms with E-state index < -0.39 is 5.97 Å². The lowest BCUT2D eigenvalue weighted by Gasteiger charge is -2.13. The topological polar surface area (TPSA) is 118 Å². The van der Waals surface area contributed by atoms with E-state index in [1.165, 1.54) is 22.8 Å². The number of aromatic hydroxyl groups is 4. The molecule has 6 heteroatoms. The van der Waals surface area contributed by atoms with Gasteiger partial charge in [0.1, 0.15) is 28.6 Å². The molecule has 0 aliphatic heterocycles. The zero-order chi connectivity index (χ0) is 34.1. The van der Waals surface area contributed by atoms with Gasteiger partial charge in [0.05, 0.1) is 0 Å². The number of allylic oxidation sites excluding steroid dienone is 8. The van der Waals surface area contributed by atoms with Crippen LogP contribution in [-0.4, -0.2) is 31.5 Å². The smallest absolute Gasteiger partial charge is 0.339 e. The van der Waals surface area contributed by atoms with Gasteiger partial charge in [-0.15, -0.1) is 0 Å². The lowest BCUT2D eigenvalue weighted by molar-refractivity contribution is 0.0692. The summed E-state index contributed by atoms with van der Waals surface area (Å²) >= 11 is 0. The number of hydrogen-bond donors (Lipinski definition) is 5. The number of hydrogen-bond acceptors (Lipinski definition) is 5. The second-order valence-corrected chi connectivity index (χ2v) is 12.3. The molecule has 0 amide bonds. The Morgan fingerprint density at radius 3 is 1.51 bits per heavy atom. The molecule has 0 heterocycles. The van der Waals surface area contributed by atoms with Crippen LogP contribution >= 0.6 is 0 Å². The highest BCUT2D eigenvalue weighted by Crippen LogP contribution is 2.35. The second-order valence-electron chi connectivity index (χ2n) is 12.3. The number of phenols is 4. The van der Waals surface area contributed by atoms with Gasteiger partial charge in [-0.2, -0.15) is 0 Å². The van der Waals surface area contributed by atoms with Crippen molar-refractivity contribution in [1.82, 2.24) is 0 Å². The number of benzene rings is 2. The summed E-state index contributed by atoms with van der Waals surface area (Å²) in [6.45, 7) is 16.4. The van der Waals surface area contributed by atoms with E-state index >= 15 is 0 Å². The van der Waals surface area contributed by atoms with Crippen LogP contribution in [0.15, 0.2) is 64.8 Å². The van der Waals surface area contributed by atoms with Crippen molar-refractivity contribution >= 4 is 5.97 Å². The molecular weight excluding hydrogens is 564 g/mol. The van der Waals surface area contributed by atoms with Crippen molar-refractivity contribution in [2.75, 3.05) is 0 Å². The van der Waals surface area contributed by atoms with Gasteiger partial charge in [0.15, 0.2) is 0 Å². The normalized spacial score (nSPS) is 11.5. The minimum Gasteiger partial charge on any atom is -0.508 e. The third-order valence-corrected chi connectivity index (χ3v) is 7.49. The highest BCUT2D eigenvalue weighted by molar-refractivity contribution is 5.93. The number of carboxylic acid groups (broad SMARTS) is 1. The highest BCUT2D eigenvalue weighted by atomic mass is 16.4. The van der Waals surface area contributed by atoms with Crippen LogP contribution < -0.4 is 0 Å². The molecule has 0 spiro atoms. The third kappa shape index (κ3) is 14.1. The molecule has 0 aromatic heterocycles. The van der Waals surface area contributed by atoms with E-state index in [-0.39, 0.29) is 34.1 Å². The number of carbonyl (C=O) groups is 1. The fraction of sp³-hybridized carbons (Fsp3) is 0.462. The van der Waals surface area contributed by atoms with Gasteiger partial charge < -0.3 is 25.5 Å². The molecule has 0 radical (unpaired) electrons. The summed E-state index contributed by atoms with van der Waals surface area (Å²) in [7, 11) is 0. The fourth-order valence-electron chi connectivity index (χ4n) is 4.93. The minimum atomic E-state index is -1.17. The summed E-state index contributed by atoms with van der Waals surface area (Å²) in [6, 6.07) is 5.00.